The minimum atomic E-state index is 0.390. The number of hydrogen-bond donors (Lipinski definition) is 0. The van der Waals surface area contributed by atoms with Crippen molar-refractivity contribution in [2.24, 2.45) is 0 Å². The van der Waals surface area contributed by atoms with E-state index in [4.69, 9.17) is 4.98 Å². The number of anilines is 1. The summed E-state index contributed by atoms with van der Waals surface area (Å²) in [7, 11) is 0. The molecule has 4 heterocycles. The van der Waals surface area contributed by atoms with Gasteiger partial charge in [-0.1, -0.05) is 6.07 Å². The first-order valence-corrected chi connectivity index (χ1v) is 8.71. The first kappa shape index (κ1) is 15.7. The summed E-state index contributed by atoms with van der Waals surface area (Å²) in [5.74, 6) is 2.14. The molecule has 128 valence electrons. The van der Waals surface area contributed by atoms with Gasteiger partial charge < -0.3 is 4.90 Å². The predicted octanol–water partition coefficient (Wildman–Crippen LogP) is 3.06. The van der Waals surface area contributed by atoms with Gasteiger partial charge in [-0.3, -0.25) is 4.57 Å². The number of rotatable bonds is 3. The third-order valence-electron chi connectivity index (χ3n) is 4.62. The number of aromatic nitrogens is 5. The van der Waals surface area contributed by atoms with E-state index < -0.39 is 0 Å². The Bertz CT molecular complexity index is 838. The van der Waals surface area contributed by atoms with E-state index in [9.17, 15) is 0 Å². The molecule has 0 N–H and O–H groups in total. The van der Waals surface area contributed by atoms with Crippen LogP contribution in [0.25, 0.3) is 5.82 Å². The number of pyridine rings is 1. The van der Waals surface area contributed by atoms with E-state index in [2.05, 4.69) is 32.0 Å². The smallest absolute Gasteiger partial charge is 0.225 e. The van der Waals surface area contributed by atoms with Crippen LogP contribution in [0.5, 0.6) is 0 Å². The molecule has 0 unspecified atom stereocenters. The molecule has 3 aromatic heterocycles. The van der Waals surface area contributed by atoms with E-state index in [0.717, 1.165) is 54.8 Å². The van der Waals surface area contributed by atoms with Gasteiger partial charge in [0.05, 0.1) is 0 Å². The van der Waals surface area contributed by atoms with Crippen molar-refractivity contribution in [3.63, 3.8) is 0 Å². The van der Waals surface area contributed by atoms with Crippen molar-refractivity contribution in [2.75, 3.05) is 18.0 Å². The van der Waals surface area contributed by atoms with E-state index in [-0.39, 0.29) is 0 Å². The van der Waals surface area contributed by atoms with Gasteiger partial charge in [0.1, 0.15) is 12.1 Å². The third kappa shape index (κ3) is 3.38. The molecule has 25 heavy (non-hydrogen) atoms. The van der Waals surface area contributed by atoms with Crippen molar-refractivity contribution in [2.45, 2.75) is 32.6 Å². The van der Waals surface area contributed by atoms with Gasteiger partial charge in [-0.15, -0.1) is 0 Å². The molecule has 1 aliphatic rings. The Hall–Kier alpha value is -2.76. The van der Waals surface area contributed by atoms with Crippen molar-refractivity contribution >= 4 is 5.95 Å². The minimum Gasteiger partial charge on any atom is -0.340 e. The highest BCUT2D eigenvalue weighted by Crippen LogP contribution is 2.28. The molecule has 0 aliphatic carbocycles. The lowest BCUT2D eigenvalue weighted by atomic mass is 9.94. The van der Waals surface area contributed by atoms with Crippen molar-refractivity contribution in [3.8, 4) is 5.82 Å². The van der Waals surface area contributed by atoms with Crippen LogP contribution in [-0.4, -0.2) is 37.6 Å². The van der Waals surface area contributed by atoms with E-state index in [0.29, 0.717) is 5.92 Å². The summed E-state index contributed by atoms with van der Waals surface area (Å²) < 4.78 is 1.94. The fourth-order valence-corrected chi connectivity index (χ4v) is 3.45. The molecule has 0 saturated carbocycles. The highest BCUT2D eigenvalue weighted by atomic mass is 15.3. The number of aryl methyl sites for hydroxylation is 2. The lowest BCUT2D eigenvalue weighted by Gasteiger charge is -2.32. The molecule has 1 atom stereocenters. The Kier molecular flexibility index (Phi) is 4.17. The number of hydrogen-bond acceptors (Lipinski definition) is 5. The Morgan fingerprint density at radius 1 is 1.08 bits per heavy atom. The number of piperidine rings is 1. The largest absolute Gasteiger partial charge is 0.340 e. The summed E-state index contributed by atoms with van der Waals surface area (Å²) in [5, 5.41) is 0. The second kappa shape index (κ2) is 6.63. The van der Waals surface area contributed by atoms with Crippen LogP contribution >= 0.6 is 0 Å². The minimum absolute atomic E-state index is 0.390. The monoisotopic (exact) mass is 334 g/mol. The molecule has 0 spiro atoms. The Morgan fingerprint density at radius 3 is 2.68 bits per heavy atom. The van der Waals surface area contributed by atoms with Gasteiger partial charge in [-0.25, -0.2) is 19.9 Å². The zero-order chi connectivity index (χ0) is 17.2. The van der Waals surface area contributed by atoms with E-state index in [1.165, 1.54) is 0 Å². The quantitative estimate of drug-likeness (QED) is 0.737. The van der Waals surface area contributed by atoms with Crippen LogP contribution in [0.1, 0.15) is 35.8 Å². The van der Waals surface area contributed by atoms with Gasteiger partial charge in [-0.05, 0) is 44.9 Å². The van der Waals surface area contributed by atoms with Gasteiger partial charge in [0.2, 0.25) is 5.95 Å². The zero-order valence-corrected chi connectivity index (χ0v) is 14.6. The molecule has 0 bridgehead atoms. The molecule has 1 aliphatic heterocycles. The third-order valence-corrected chi connectivity index (χ3v) is 4.62. The summed E-state index contributed by atoms with van der Waals surface area (Å²) in [6.45, 7) is 5.95. The maximum Gasteiger partial charge on any atom is 0.225 e. The normalized spacial score (nSPS) is 17.7. The summed E-state index contributed by atoms with van der Waals surface area (Å²) in [6.07, 6.45) is 7.74. The topological polar surface area (TPSA) is 59.7 Å². The fraction of sp³-hybridized carbons (Fsp3) is 0.368. The van der Waals surface area contributed by atoms with Gasteiger partial charge in [-0.2, -0.15) is 0 Å². The van der Waals surface area contributed by atoms with E-state index in [1.807, 2.05) is 36.7 Å². The first-order valence-electron chi connectivity index (χ1n) is 8.71. The van der Waals surface area contributed by atoms with Crippen LogP contribution in [0.2, 0.25) is 0 Å². The van der Waals surface area contributed by atoms with E-state index >= 15 is 0 Å². The van der Waals surface area contributed by atoms with Crippen LogP contribution in [0.4, 0.5) is 5.95 Å². The van der Waals surface area contributed by atoms with Gasteiger partial charge >= 0.3 is 0 Å². The second-order valence-electron chi connectivity index (χ2n) is 6.63. The maximum absolute atomic E-state index is 4.86. The molecule has 3 aromatic rings. The molecule has 1 saturated heterocycles. The molecular weight excluding hydrogens is 312 g/mol. The zero-order valence-electron chi connectivity index (χ0n) is 14.6. The SMILES string of the molecule is Cc1cc(C)nc(N2CCC[C@@H](c3cccc(-n4ccnc4)n3)C2)n1. The van der Waals surface area contributed by atoms with Crippen molar-refractivity contribution < 1.29 is 0 Å². The lowest BCUT2D eigenvalue weighted by molar-refractivity contribution is 0.494. The Labute approximate surface area is 147 Å². The van der Waals surface area contributed by atoms with Crippen molar-refractivity contribution in [3.05, 3.63) is 60.1 Å². The molecule has 6 heteroatoms. The standard InChI is InChI=1S/C19H22N6/c1-14-11-15(2)22-19(21-14)24-9-4-5-16(12-24)17-6-3-7-18(23-17)25-10-8-20-13-25/h3,6-8,10-11,13,16H,4-5,9,12H2,1-2H3/t16-/m1/s1. The summed E-state index contributed by atoms with van der Waals surface area (Å²) >= 11 is 0. The molecule has 0 amide bonds. The molecule has 0 aromatic carbocycles. The Morgan fingerprint density at radius 2 is 1.92 bits per heavy atom. The molecule has 0 radical (unpaired) electrons. The maximum atomic E-state index is 4.86. The average Bonchev–Trinajstić information content (AvgIpc) is 3.16. The summed E-state index contributed by atoms with van der Waals surface area (Å²) in [4.78, 5) is 20.5. The van der Waals surface area contributed by atoms with Crippen LogP contribution in [0, 0.1) is 13.8 Å². The first-order chi connectivity index (χ1) is 12.2. The van der Waals surface area contributed by atoms with Crippen molar-refractivity contribution in [1.29, 1.82) is 0 Å². The second-order valence-corrected chi connectivity index (χ2v) is 6.63. The summed E-state index contributed by atoms with van der Waals surface area (Å²) in [6, 6.07) is 8.22. The number of imidazole rings is 1. The van der Waals surface area contributed by atoms with Crippen LogP contribution < -0.4 is 4.90 Å². The highest BCUT2D eigenvalue weighted by Gasteiger charge is 2.24. The molecule has 1 fully saturated rings. The highest BCUT2D eigenvalue weighted by molar-refractivity contribution is 5.35. The molecule has 6 nitrogen and oxygen atoms in total. The summed E-state index contributed by atoms with van der Waals surface area (Å²) in [5.41, 5.74) is 3.16. The van der Waals surface area contributed by atoms with Crippen LogP contribution in [0.3, 0.4) is 0 Å². The van der Waals surface area contributed by atoms with Crippen molar-refractivity contribution in [1.82, 2.24) is 24.5 Å². The fourth-order valence-electron chi connectivity index (χ4n) is 3.45. The predicted molar refractivity (Wildman–Crippen MR) is 97.1 cm³/mol. The van der Waals surface area contributed by atoms with Gasteiger partial charge in [0.15, 0.2) is 0 Å². The molecular formula is C19H22N6. The van der Waals surface area contributed by atoms with Gasteiger partial charge in [0, 0.05) is 48.5 Å². The molecule has 4 rings (SSSR count). The van der Waals surface area contributed by atoms with Gasteiger partial charge in [0.25, 0.3) is 0 Å². The average molecular weight is 334 g/mol. The van der Waals surface area contributed by atoms with Crippen LogP contribution in [-0.2, 0) is 0 Å². The van der Waals surface area contributed by atoms with Crippen LogP contribution in [0.15, 0.2) is 43.0 Å². The van der Waals surface area contributed by atoms with E-state index in [1.54, 1.807) is 12.5 Å². The lowest BCUT2D eigenvalue weighted by Crippen LogP contribution is -2.36. The number of nitrogens with zero attached hydrogens (tertiary/aromatic N) is 6. The Balaban J connectivity index is 1.58.